The molecule has 1 N–H and O–H groups in total. The molecule has 1 aliphatic heterocycles. The van der Waals surface area contributed by atoms with Crippen LogP contribution >= 0.6 is 0 Å². The molecule has 0 saturated heterocycles. The Hall–Kier alpha value is -3.39. The van der Waals surface area contributed by atoms with Crippen LogP contribution in [0.3, 0.4) is 0 Å². The monoisotopic (exact) mass is 483 g/mol. The number of nitrogens with zero attached hydrogens (tertiary/aromatic N) is 1. The summed E-state index contributed by atoms with van der Waals surface area (Å²) in [6, 6.07) is 16.3. The van der Waals surface area contributed by atoms with E-state index in [1.54, 1.807) is 19.1 Å². The van der Waals surface area contributed by atoms with Crippen LogP contribution in [0.1, 0.15) is 30.9 Å². The van der Waals surface area contributed by atoms with Crippen LogP contribution in [0.2, 0.25) is 0 Å². The number of hydrogen-bond donors (Lipinski definition) is 1. The Balaban J connectivity index is 1.71. The molecule has 3 aromatic rings. The number of anilines is 1. The standard InChI is InChI=1S/C26H26FNO5S/c1-16(2)23-14-28(24-10-6-19(13-22(23)24)18-4-7-20(27)8-5-18)34(31,32)21-9-11-25(17(3)12-21)33-15-26(29)30/h4-13,16,23H,14-15H2,1-3H3,(H,29,30). The van der Waals surface area contributed by atoms with Gasteiger partial charge in [0.2, 0.25) is 0 Å². The molecule has 0 saturated carbocycles. The van der Waals surface area contributed by atoms with Gasteiger partial charge in [0.05, 0.1) is 10.6 Å². The Morgan fingerprint density at radius 2 is 1.76 bits per heavy atom. The highest BCUT2D eigenvalue weighted by atomic mass is 32.2. The molecular formula is C26H26FNO5S. The molecule has 6 nitrogen and oxygen atoms in total. The molecule has 0 aromatic heterocycles. The topological polar surface area (TPSA) is 83.9 Å². The number of aryl methyl sites for hydroxylation is 1. The fourth-order valence-corrected chi connectivity index (χ4v) is 5.89. The molecule has 3 aromatic carbocycles. The van der Waals surface area contributed by atoms with Gasteiger partial charge in [0.15, 0.2) is 6.61 Å². The van der Waals surface area contributed by atoms with Crippen molar-refractivity contribution in [1.29, 1.82) is 0 Å². The number of hydrogen-bond acceptors (Lipinski definition) is 4. The SMILES string of the molecule is Cc1cc(S(=O)(=O)N2CC(C(C)C)c3cc(-c4ccc(F)cc4)ccc32)ccc1OCC(=O)O. The van der Waals surface area contributed by atoms with Crippen molar-refractivity contribution in [2.45, 2.75) is 31.6 Å². The van der Waals surface area contributed by atoms with Gasteiger partial charge in [0.25, 0.3) is 10.0 Å². The van der Waals surface area contributed by atoms with Crippen molar-refractivity contribution in [3.05, 3.63) is 77.6 Å². The van der Waals surface area contributed by atoms with Crippen LogP contribution in [-0.4, -0.2) is 32.6 Å². The summed E-state index contributed by atoms with van der Waals surface area (Å²) in [7, 11) is -3.86. The maximum Gasteiger partial charge on any atom is 0.341 e. The molecule has 1 heterocycles. The summed E-state index contributed by atoms with van der Waals surface area (Å²) >= 11 is 0. The predicted molar refractivity (Wildman–Crippen MR) is 128 cm³/mol. The average molecular weight is 484 g/mol. The lowest BCUT2D eigenvalue weighted by Crippen LogP contribution is -2.30. The van der Waals surface area contributed by atoms with Gasteiger partial charge in [-0.05, 0) is 77.6 Å². The number of halogens is 1. The molecule has 34 heavy (non-hydrogen) atoms. The van der Waals surface area contributed by atoms with Gasteiger partial charge in [-0.3, -0.25) is 4.31 Å². The highest BCUT2D eigenvalue weighted by molar-refractivity contribution is 7.92. The molecule has 0 spiro atoms. The smallest absolute Gasteiger partial charge is 0.341 e. The van der Waals surface area contributed by atoms with E-state index < -0.39 is 22.6 Å². The van der Waals surface area contributed by atoms with Gasteiger partial charge in [0.1, 0.15) is 11.6 Å². The third kappa shape index (κ3) is 4.50. The molecule has 1 aliphatic rings. The summed E-state index contributed by atoms with van der Waals surface area (Å²) in [6.45, 7) is 5.62. The van der Waals surface area contributed by atoms with Crippen LogP contribution in [0, 0.1) is 18.7 Å². The zero-order valence-corrected chi connectivity index (χ0v) is 20.0. The van der Waals surface area contributed by atoms with Gasteiger partial charge in [-0.15, -0.1) is 0 Å². The summed E-state index contributed by atoms with van der Waals surface area (Å²) in [5, 5.41) is 8.82. The molecule has 0 fully saturated rings. The lowest BCUT2D eigenvalue weighted by atomic mass is 9.88. The maximum atomic E-state index is 13.6. The maximum absolute atomic E-state index is 13.6. The second-order valence-corrected chi connectivity index (χ2v) is 10.6. The summed E-state index contributed by atoms with van der Waals surface area (Å²) in [5.74, 6) is -0.881. The van der Waals surface area contributed by atoms with E-state index in [4.69, 9.17) is 9.84 Å². The number of rotatable bonds is 7. The summed E-state index contributed by atoms with van der Waals surface area (Å²) in [5.41, 5.74) is 3.88. The van der Waals surface area contributed by atoms with Crippen LogP contribution < -0.4 is 9.04 Å². The molecule has 0 bridgehead atoms. The summed E-state index contributed by atoms with van der Waals surface area (Å²) in [4.78, 5) is 10.9. The first-order chi connectivity index (χ1) is 16.1. The van der Waals surface area contributed by atoms with E-state index in [-0.39, 0.29) is 22.5 Å². The second kappa shape index (κ2) is 9.10. The van der Waals surface area contributed by atoms with Crippen LogP contribution in [-0.2, 0) is 14.8 Å². The van der Waals surface area contributed by atoms with Gasteiger partial charge in [-0.1, -0.05) is 32.0 Å². The van der Waals surface area contributed by atoms with Crippen LogP contribution in [0.25, 0.3) is 11.1 Å². The van der Waals surface area contributed by atoms with Crippen molar-refractivity contribution >= 4 is 21.7 Å². The molecule has 178 valence electrons. The zero-order valence-electron chi connectivity index (χ0n) is 19.2. The molecule has 1 atom stereocenters. The van der Waals surface area contributed by atoms with Crippen LogP contribution in [0.4, 0.5) is 10.1 Å². The van der Waals surface area contributed by atoms with E-state index in [0.29, 0.717) is 23.5 Å². The first kappa shape index (κ1) is 23.8. The number of fused-ring (bicyclic) bond motifs is 1. The summed E-state index contributed by atoms with van der Waals surface area (Å²) < 4.78 is 47.3. The number of sulfonamides is 1. The number of carboxylic acid groups (broad SMARTS) is 1. The van der Waals surface area contributed by atoms with E-state index in [0.717, 1.165) is 16.7 Å². The normalized spacial score (nSPS) is 15.4. The highest BCUT2D eigenvalue weighted by Gasteiger charge is 2.38. The number of carboxylic acids is 1. The van der Waals surface area contributed by atoms with Gasteiger partial charge in [-0.25, -0.2) is 17.6 Å². The average Bonchev–Trinajstić information content (AvgIpc) is 3.18. The molecule has 0 amide bonds. The van der Waals surface area contributed by atoms with Crippen molar-refractivity contribution in [2.24, 2.45) is 5.92 Å². The Bertz CT molecular complexity index is 1340. The van der Waals surface area contributed by atoms with E-state index in [2.05, 4.69) is 13.8 Å². The van der Waals surface area contributed by atoms with Crippen molar-refractivity contribution < 1.29 is 27.4 Å². The van der Waals surface area contributed by atoms with E-state index in [9.17, 15) is 17.6 Å². The van der Waals surface area contributed by atoms with Crippen molar-refractivity contribution in [1.82, 2.24) is 0 Å². The van der Waals surface area contributed by atoms with Gasteiger partial charge < -0.3 is 9.84 Å². The second-order valence-electron chi connectivity index (χ2n) is 8.78. The Morgan fingerprint density at radius 1 is 1.09 bits per heavy atom. The minimum Gasteiger partial charge on any atom is -0.482 e. The number of benzene rings is 3. The fourth-order valence-electron chi connectivity index (χ4n) is 4.28. The van der Waals surface area contributed by atoms with Crippen molar-refractivity contribution in [3.8, 4) is 16.9 Å². The lowest BCUT2D eigenvalue weighted by molar-refractivity contribution is -0.139. The quantitative estimate of drug-likeness (QED) is 0.499. The first-order valence-corrected chi connectivity index (χ1v) is 12.4. The molecule has 4 rings (SSSR count). The number of ether oxygens (including phenoxy) is 1. The Labute approximate surface area is 198 Å². The minimum atomic E-state index is -3.86. The minimum absolute atomic E-state index is 0.00411. The largest absolute Gasteiger partial charge is 0.482 e. The van der Waals surface area contributed by atoms with E-state index in [1.807, 2.05) is 18.2 Å². The summed E-state index contributed by atoms with van der Waals surface area (Å²) in [6.07, 6.45) is 0. The van der Waals surface area contributed by atoms with Crippen LogP contribution in [0.5, 0.6) is 5.75 Å². The van der Waals surface area contributed by atoms with E-state index >= 15 is 0 Å². The lowest BCUT2D eigenvalue weighted by Gasteiger charge is -2.21. The fraction of sp³-hybridized carbons (Fsp3) is 0.269. The number of carbonyl (C=O) groups is 1. The van der Waals surface area contributed by atoms with Gasteiger partial charge in [0, 0.05) is 12.5 Å². The molecular weight excluding hydrogens is 457 g/mol. The van der Waals surface area contributed by atoms with Crippen molar-refractivity contribution in [2.75, 3.05) is 17.5 Å². The Kier molecular flexibility index (Phi) is 6.36. The van der Waals surface area contributed by atoms with Crippen molar-refractivity contribution in [3.63, 3.8) is 0 Å². The molecule has 0 radical (unpaired) electrons. The third-order valence-corrected chi connectivity index (χ3v) is 7.90. The third-order valence-electron chi connectivity index (χ3n) is 6.13. The van der Waals surface area contributed by atoms with Gasteiger partial charge in [-0.2, -0.15) is 0 Å². The van der Waals surface area contributed by atoms with Gasteiger partial charge >= 0.3 is 5.97 Å². The Morgan fingerprint density at radius 3 is 2.38 bits per heavy atom. The highest BCUT2D eigenvalue weighted by Crippen LogP contribution is 2.44. The zero-order chi connectivity index (χ0) is 24.6. The molecule has 0 aliphatic carbocycles. The first-order valence-electron chi connectivity index (χ1n) is 11.0. The van der Waals surface area contributed by atoms with E-state index in [1.165, 1.54) is 34.6 Å². The van der Waals surface area contributed by atoms with Crippen LogP contribution in [0.15, 0.2) is 65.6 Å². The number of aliphatic carboxylic acids is 1. The predicted octanol–water partition coefficient (Wildman–Crippen LogP) is 5.21. The molecule has 1 unspecified atom stereocenters. The molecule has 8 heteroatoms.